The molecule has 0 unspecified atom stereocenters. The molecule has 1 rings (SSSR count). The van der Waals surface area contributed by atoms with Gasteiger partial charge in [0.25, 0.3) is 0 Å². The molecule has 0 aliphatic heterocycles. The van der Waals surface area contributed by atoms with Gasteiger partial charge in [-0.1, -0.05) is 57.6 Å². The number of hydrogen-bond acceptors (Lipinski definition) is 2. The van der Waals surface area contributed by atoms with Crippen LogP contribution < -0.4 is 0 Å². The third kappa shape index (κ3) is 5.85. The zero-order valence-corrected chi connectivity index (χ0v) is 11.5. The summed E-state index contributed by atoms with van der Waals surface area (Å²) in [7, 11) is 0. The van der Waals surface area contributed by atoms with Gasteiger partial charge in [0, 0.05) is 6.54 Å². The number of unbranched alkanes of at least 4 members (excludes halogenated alkanes) is 6. The van der Waals surface area contributed by atoms with Gasteiger partial charge in [-0.3, -0.25) is 0 Å². The second kappa shape index (κ2) is 9.20. The van der Waals surface area contributed by atoms with Gasteiger partial charge in [-0.15, -0.1) is 5.10 Å². The fourth-order valence-electron chi connectivity index (χ4n) is 2.08. The van der Waals surface area contributed by atoms with E-state index in [1.54, 1.807) is 0 Å². The fourth-order valence-corrected chi connectivity index (χ4v) is 2.08. The summed E-state index contributed by atoms with van der Waals surface area (Å²) in [4.78, 5) is 0. The predicted molar refractivity (Wildman–Crippen MR) is 72.0 cm³/mol. The summed E-state index contributed by atoms with van der Waals surface area (Å²) in [6.07, 6.45) is 13.5. The lowest BCUT2D eigenvalue weighted by Gasteiger charge is -2.05. The molecular weight excluding hydrogens is 210 g/mol. The summed E-state index contributed by atoms with van der Waals surface area (Å²) < 4.78 is 2.09. The smallest absolute Gasteiger partial charge is 0.0725 e. The second-order valence-corrected chi connectivity index (χ2v) is 4.82. The van der Waals surface area contributed by atoms with E-state index in [2.05, 4.69) is 28.8 Å². The van der Waals surface area contributed by atoms with Crippen molar-refractivity contribution < 1.29 is 0 Å². The molecule has 98 valence electrons. The number of hydrogen-bond donors (Lipinski definition) is 0. The van der Waals surface area contributed by atoms with Crippen LogP contribution in [0.3, 0.4) is 0 Å². The Morgan fingerprint density at radius 2 is 1.65 bits per heavy atom. The van der Waals surface area contributed by atoms with Crippen LogP contribution in [0.25, 0.3) is 0 Å². The van der Waals surface area contributed by atoms with Crippen molar-refractivity contribution in [2.75, 3.05) is 0 Å². The van der Waals surface area contributed by atoms with Crippen molar-refractivity contribution in [3.05, 3.63) is 11.9 Å². The predicted octanol–water partition coefficient (Wildman–Crippen LogP) is 3.98. The third-order valence-electron chi connectivity index (χ3n) is 3.21. The van der Waals surface area contributed by atoms with Gasteiger partial charge in [0.2, 0.25) is 0 Å². The Morgan fingerprint density at radius 3 is 2.41 bits per heavy atom. The lowest BCUT2D eigenvalue weighted by atomic mass is 10.1. The number of aromatic nitrogens is 3. The van der Waals surface area contributed by atoms with Crippen LogP contribution in [0.2, 0.25) is 0 Å². The second-order valence-electron chi connectivity index (χ2n) is 4.82. The highest BCUT2D eigenvalue weighted by Crippen LogP contribution is 2.09. The van der Waals surface area contributed by atoms with E-state index in [1.807, 2.05) is 6.20 Å². The highest BCUT2D eigenvalue weighted by atomic mass is 15.4. The standard InChI is InChI=1S/C14H27N3/c1-3-5-7-8-9-11-14-13-15-16-17(14)12-10-6-4-2/h13H,3-12H2,1-2H3. The topological polar surface area (TPSA) is 30.7 Å². The maximum Gasteiger partial charge on any atom is 0.0725 e. The molecule has 3 nitrogen and oxygen atoms in total. The van der Waals surface area contributed by atoms with Gasteiger partial charge in [-0.05, 0) is 19.3 Å². The van der Waals surface area contributed by atoms with Gasteiger partial charge in [0.15, 0.2) is 0 Å². The van der Waals surface area contributed by atoms with Crippen molar-refractivity contribution >= 4 is 0 Å². The first kappa shape index (κ1) is 14.2. The van der Waals surface area contributed by atoms with Crippen LogP contribution >= 0.6 is 0 Å². The molecule has 0 N–H and O–H groups in total. The minimum absolute atomic E-state index is 1.04. The van der Waals surface area contributed by atoms with E-state index in [0.29, 0.717) is 0 Å². The summed E-state index contributed by atoms with van der Waals surface area (Å²) in [6, 6.07) is 0. The molecule has 0 amide bonds. The molecule has 0 bridgehead atoms. The highest BCUT2D eigenvalue weighted by Gasteiger charge is 2.02. The molecule has 0 radical (unpaired) electrons. The van der Waals surface area contributed by atoms with Gasteiger partial charge in [-0.25, -0.2) is 4.68 Å². The molecule has 1 aromatic rings. The molecule has 0 saturated carbocycles. The summed E-state index contributed by atoms with van der Waals surface area (Å²) in [5.41, 5.74) is 1.32. The van der Waals surface area contributed by atoms with Crippen molar-refractivity contribution in [2.45, 2.75) is 78.2 Å². The Labute approximate surface area is 106 Å². The minimum atomic E-state index is 1.04. The molecule has 3 heteroatoms. The molecule has 0 aliphatic carbocycles. The van der Waals surface area contributed by atoms with Crippen LogP contribution in [0.4, 0.5) is 0 Å². The maximum absolute atomic E-state index is 4.17. The highest BCUT2D eigenvalue weighted by molar-refractivity contribution is 4.93. The molecule has 0 aromatic carbocycles. The summed E-state index contributed by atoms with van der Waals surface area (Å²) in [5, 5.41) is 8.20. The van der Waals surface area contributed by atoms with Gasteiger partial charge >= 0.3 is 0 Å². The van der Waals surface area contributed by atoms with Crippen LogP contribution in [0.5, 0.6) is 0 Å². The SMILES string of the molecule is CCCCCCCc1cnnn1CCCCC. The van der Waals surface area contributed by atoms with Crippen LogP contribution in [-0.4, -0.2) is 15.0 Å². The van der Waals surface area contributed by atoms with Crippen molar-refractivity contribution in [3.8, 4) is 0 Å². The fraction of sp³-hybridized carbons (Fsp3) is 0.857. The van der Waals surface area contributed by atoms with E-state index < -0.39 is 0 Å². The van der Waals surface area contributed by atoms with E-state index in [0.717, 1.165) is 13.0 Å². The average molecular weight is 237 g/mol. The first-order valence-corrected chi connectivity index (χ1v) is 7.25. The summed E-state index contributed by atoms with van der Waals surface area (Å²) in [6.45, 7) is 5.53. The molecule has 0 aliphatic rings. The maximum atomic E-state index is 4.17. The lowest BCUT2D eigenvalue weighted by Crippen LogP contribution is -2.05. The third-order valence-corrected chi connectivity index (χ3v) is 3.21. The van der Waals surface area contributed by atoms with Crippen LogP contribution in [0.15, 0.2) is 6.20 Å². The zero-order chi connectivity index (χ0) is 12.3. The summed E-state index contributed by atoms with van der Waals surface area (Å²) >= 11 is 0. The van der Waals surface area contributed by atoms with Crippen molar-refractivity contribution in [2.24, 2.45) is 0 Å². The van der Waals surface area contributed by atoms with Crippen LogP contribution in [-0.2, 0) is 13.0 Å². The Bertz CT molecular complexity index is 281. The van der Waals surface area contributed by atoms with Crippen molar-refractivity contribution in [3.63, 3.8) is 0 Å². The molecule has 17 heavy (non-hydrogen) atoms. The van der Waals surface area contributed by atoms with Crippen molar-refractivity contribution in [1.82, 2.24) is 15.0 Å². The Hall–Kier alpha value is -0.860. The quantitative estimate of drug-likeness (QED) is 0.576. The Kier molecular flexibility index (Phi) is 7.69. The van der Waals surface area contributed by atoms with E-state index in [4.69, 9.17) is 0 Å². The Balaban J connectivity index is 2.20. The largest absolute Gasteiger partial charge is 0.249 e. The minimum Gasteiger partial charge on any atom is -0.249 e. The van der Waals surface area contributed by atoms with Crippen molar-refractivity contribution in [1.29, 1.82) is 0 Å². The zero-order valence-electron chi connectivity index (χ0n) is 11.5. The first-order chi connectivity index (χ1) is 8.38. The van der Waals surface area contributed by atoms with E-state index in [1.165, 1.54) is 57.1 Å². The first-order valence-electron chi connectivity index (χ1n) is 7.25. The van der Waals surface area contributed by atoms with Crippen LogP contribution in [0, 0.1) is 0 Å². The normalized spacial score (nSPS) is 10.9. The van der Waals surface area contributed by atoms with Gasteiger partial charge in [-0.2, -0.15) is 0 Å². The Morgan fingerprint density at radius 1 is 0.941 bits per heavy atom. The van der Waals surface area contributed by atoms with Crippen LogP contribution in [0.1, 0.15) is 70.9 Å². The molecule has 0 fully saturated rings. The van der Waals surface area contributed by atoms with Gasteiger partial charge in [0.1, 0.15) is 0 Å². The molecular formula is C14H27N3. The molecule has 1 aromatic heterocycles. The number of aryl methyl sites for hydroxylation is 2. The lowest BCUT2D eigenvalue weighted by molar-refractivity contribution is 0.512. The average Bonchev–Trinajstić information content (AvgIpc) is 2.77. The number of nitrogens with zero attached hydrogens (tertiary/aromatic N) is 3. The summed E-state index contributed by atoms with van der Waals surface area (Å²) in [5.74, 6) is 0. The van der Waals surface area contributed by atoms with Gasteiger partial charge < -0.3 is 0 Å². The van der Waals surface area contributed by atoms with E-state index >= 15 is 0 Å². The van der Waals surface area contributed by atoms with Gasteiger partial charge in [0.05, 0.1) is 11.9 Å². The number of rotatable bonds is 10. The molecule has 0 atom stereocenters. The van der Waals surface area contributed by atoms with E-state index in [-0.39, 0.29) is 0 Å². The molecule has 1 heterocycles. The molecule has 0 saturated heterocycles. The monoisotopic (exact) mass is 237 g/mol. The molecule has 0 spiro atoms. The van der Waals surface area contributed by atoms with E-state index in [9.17, 15) is 0 Å².